The van der Waals surface area contributed by atoms with Crippen LogP contribution in [0.3, 0.4) is 0 Å². The van der Waals surface area contributed by atoms with E-state index in [1.54, 1.807) is 11.3 Å². The Morgan fingerprint density at radius 3 is 2.81 bits per heavy atom. The number of benzene rings is 1. The lowest BCUT2D eigenvalue weighted by molar-refractivity contribution is -0.137. The van der Waals surface area contributed by atoms with Crippen LogP contribution in [0.2, 0.25) is 0 Å². The summed E-state index contributed by atoms with van der Waals surface area (Å²) in [5.41, 5.74) is -0.152. The Bertz CT molecular complexity index is 1050. The molecule has 1 amide bonds. The molecule has 1 saturated heterocycles. The van der Waals surface area contributed by atoms with E-state index in [0.29, 0.717) is 49.4 Å². The topological polar surface area (TPSA) is 83.1 Å². The average Bonchev–Trinajstić information content (AvgIpc) is 3.45. The Kier molecular flexibility index (Phi) is 7.01. The fourth-order valence-electron chi connectivity index (χ4n) is 3.21. The Morgan fingerprint density at radius 2 is 2.09 bits per heavy atom. The van der Waals surface area contributed by atoms with Gasteiger partial charge >= 0.3 is 6.18 Å². The molecule has 170 valence electrons. The number of thiophene rings is 1. The van der Waals surface area contributed by atoms with Crippen LogP contribution in [-0.4, -0.2) is 53.1 Å². The lowest BCUT2D eigenvalue weighted by Gasteiger charge is -2.31. The summed E-state index contributed by atoms with van der Waals surface area (Å²) in [7, 11) is 0. The maximum Gasteiger partial charge on any atom is 0.416 e. The predicted molar refractivity (Wildman–Crippen MR) is 117 cm³/mol. The van der Waals surface area contributed by atoms with Crippen LogP contribution in [0.15, 0.2) is 40.9 Å². The molecule has 1 aromatic carbocycles. The van der Waals surface area contributed by atoms with Crippen molar-refractivity contribution in [3.05, 3.63) is 52.0 Å². The normalized spacial score (nSPS) is 14.5. The number of rotatable bonds is 7. The smallest absolute Gasteiger partial charge is 0.378 e. The molecule has 0 aliphatic carbocycles. The zero-order valence-electron chi connectivity index (χ0n) is 16.8. The molecule has 2 aromatic heterocycles. The fraction of sp³-hybridized carbons (Fsp3) is 0.350. The van der Waals surface area contributed by atoms with Gasteiger partial charge in [-0.3, -0.25) is 9.89 Å². The van der Waals surface area contributed by atoms with Crippen molar-refractivity contribution in [2.24, 2.45) is 0 Å². The summed E-state index contributed by atoms with van der Waals surface area (Å²) in [5.74, 6) is 0.214. The van der Waals surface area contributed by atoms with Crippen LogP contribution in [0.5, 0.6) is 0 Å². The largest absolute Gasteiger partial charge is 0.416 e. The molecule has 4 rings (SSSR count). The lowest BCUT2D eigenvalue weighted by Crippen LogP contribution is -2.37. The molecule has 1 fully saturated rings. The number of nitrogens with one attached hydrogen (secondary N) is 2. The van der Waals surface area contributed by atoms with E-state index in [1.807, 2.05) is 22.4 Å². The van der Waals surface area contributed by atoms with Crippen molar-refractivity contribution in [3.8, 4) is 0 Å². The molecule has 0 spiro atoms. The van der Waals surface area contributed by atoms with Crippen LogP contribution in [0.1, 0.15) is 16.3 Å². The van der Waals surface area contributed by atoms with E-state index >= 15 is 0 Å². The van der Waals surface area contributed by atoms with Crippen molar-refractivity contribution in [1.82, 2.24) is 15.2 Å². The number of H-pyrrole nitrogens is 1. The third-order valence-corrected chi connectivity index (χ3v) is 6.44. The van der Waals surface area contributed by atoms with Crippen LogP contribution in [0, 0.1) is 0 Å². The first-order valence-corrected chi connectivity index (χ1v) is 11.7. The molecular weight excluding hydrogens is 463 g/mol. The van der Waals surface area contributed by atoms with Gasteiger partial charge in [0.2, 0.25) is 11.1 Å². The van der Waals surface area contributed by atoms with E-state index < -0.39 is 17.6 Å². The molecule has 3 heterocycles. The van der Waals surface area contributed by atoms with Gasteiger partial charge in [0.1, 0.15) is 5.82 Å². The second-order valence-corrected chi connectivity index (χ2v) is 8.96. The number of morpholine rings is 1. The summed E-state index contributed by atoms with van der Waals surface area (Å²) < 4.78 is 45.0. The van der Waals surface area contributed by atoms with E-state index in [2.05, 4.69) is 20.5 Å². The van der Waals surface area contributed by atoms with Crippen molar-refractivity contribution in [3.63, 3.8) is 0 Å². The number of amides is 1. The number of carbonyl (C=O) groups is 1. The van der Waals surface area contributed by atoms with Gasteiger partial charge in [0.25, 0.3) is 0 Å². The van der Waals surface area contributed by atoms with Crippen molar-refractivity contribution in [2.75, 3.05) is 42.3 Å². The van der Waals surface area contributed by atoms with E-state index in [9.17, 15) is 18.0 Å². The summed E-state index contributed by atoms with van der Waals surface area (Å²) >= 11 is 2.73. The molecule has 32 heavy (non-hydrogen) atoms. The number of thioether (sulfide) groups is 1. The third-order valence-electron chi connectivity index (χ3n) is 4.72. The van der Waals surface area contributed by atoms with E-state index in [1.165, 1.54) is 6.07 Å². The number of halogens is 3. The molecule has 0 atom stereocenters. The van der Waals surface area contributed by atoms with Gasteiger partial charge in [0.15, 0.2) is 0 Å². The fourth-order valence-corrected chi connectivity index (χ4v) is 4.53. The molecule has 0 unspecified atom stereocenters. The summed E-state index contributed by atoms with van der Waals surface area (Å²) in [6, 6.07) is 7.34. The number of aromatic nitrogens is 3. The number of aromatic amines is 1. The second kappa shape index (κ2) is 9.92. The van der Waals surface area contributed by atoms with Crippen LogP contribution >= 0.6 is 23.1 Å². The number of ether oxygens (including phenoxy) is 1. The van der Waals surface area contributed by atoms with Gasteiger partial charge in [-0.05, 0) is 29.6 Å². The minimum atomic E-state index is -4.50. The van der Waals surface area contributed by atoms with E-state index in [-0.39, 0.29) is 11.4 Å². The van der Waals surface area contributed by atoms with Crippen molar-refractivity contribution < 1.29 is 22.7 Å². The van der Waals surface area contributed by atoms with Gasteiger partial charge in [-0.2, -0.15) is 13.2 Å². The lowest BCUT2D eigenvalue weighted by atomic mass is 10.1. The predicted octanol–water partition coefficient (Wildman–Crippen LogP) is 4.04. The Labute approximate surface area is 190 Å². The van der Waals surface area contributed by atoms with Gasteiger partial charge in [-0.25, -0.2) is 4.98 Å². The van der Waals surface area contributed by atoms with Crippen LogP contribution in [0.25, 0.3) is 0 Å². The number of hydrogen-bond donors (Lipinski definition) is 2. The standard InChI is InChI=1S/C20H20F3N5O2S2/c21-20(22,23)13-3-4-16(28-5-7-30-8-6-28)15(10-13)24-18(29)12-32-19-25-17(26-27-19)11-14-2-1-9-31-14/h1-4,9-10H,5-8,11-12H2,(H,24,29)(H,25,26,27). The minimum absolute atomic E-state index is 0.0326. The highest BCUT2D eigenvalue weighted by molar-refractivity contribution is 7.99. The number of alkyl halides is 3. The second-order valence-electron chi connectivity index (χ2n) is 6.99. The summed E-state index contributed by atoms with van der Waals surface area (Å²) in [5, 5.41) is 11.9. The Hall–Kier alpha value is -2.57. The molecule has 1 aliphatic heterocycles. The molecular formula is C20H20F3N5O2S2. The zero-order valence-corrected chi connectivity index (χ0v) is 18.4. The highest BCUT2D eigenvalue weighted by atomic mass is 32.2. The van der Waals surface area contributed by atoms with Crippen LogP contribution in [-0.2, 0) is 22.1 Å². The quantitative estimate of drug-likeness (QED) is 0.494. The highest BCUT2D eigenvalue weighted by Crippen LogP contribution is 2.36. The Morgan fingerprint density at radius 1 is 1.28 bits per heavy atom. The first-order chi connectivity index (χ1) is 15.4. The van der Waals surface area contributed by atoms with Crippen LogP contribution < -0.4 is 10.2 Å². The van der Waals surface area contributed by atoms with Gasteiger partial charge in [0.05, 0.1) is 35.9 Å². The van der Waals surface area contributed by atoms with Gasteiger partial charge < -0.3 is 15.0 Å². The molecule has 3 aromatic rings. The number of nitrogens with zero attached hydrogens (tertiary/aromatic N) is 3. The summed E-state index contributed by atoms with van der Waals surface area (Å²) in [4.78, 5) is 19.9. The molecule has 1 aliphatic rings. The van der Waals surface area contributed by atoms with E-state index in [0.717, 1.165) is 28.8 Å². The third kappa shape index (κ3) is 5.81. The first-order valence-electron chi connectivity index (χ1n) is 9.79. The maximum atomic E-state index is 13.2. The molecule has 0 bridgehead atoms. The van der Waals surface area contributed by atoms with Crippen molar-refractivity contribution in [2.45, 2.75) is 17.8 Å². The SMILES string of the molecule is O=C(CSc1n[nH]c(Cc2cccs2)n1)Nc1cc(C(F)(F)F)ccc1N1CCOCC1. The number of carbonyl (C=O) groups excluding carboxylic acids is 1. The molecule has 2 N–H and O–H groups in total. The van der Waals surface area contributed by atoms with E-state index in [4.69, 9.17) is 4.74 Å². The summed E-state index contributed by atoms with van der Waals surface area (Å²) in [6.07, 6.45) is -3.89. The first kappa shape index (κ1) is 22.6. The monoisotopic (exact) mass is 483 g/mol. The number of anilines is 2. The maximum absolute atomic E-state index is 13.2. The van der Waals surface area contributed by atoms with Gasteiger partial charge in [-0.15, -0.1) is 16.4 Å². The van der Waals surface area contributed by atoms with Crippen molar-refractivity contribution >= 4 is 40.4 Å². The Balaban J connectivity index is 1.42. The highest BCUT2D eigenvalue weighted by Gasteiger charge is 2.32. The minimum Gasteiger partial charge on any atom is -0.378 e. The summed E-state index contributed by atoms with van der Waals surface area (Å²) in [6.45, 7) is 2.02. The van der Waals surface area contributed by atoms with Crippen LogP contribution in [0.4, 0.5) is 24.5 Å². The molecule has 0 radical (unpaired) electrons. The zero-order chi connectivity index (χ0) is 22.6. The van der Waals surface area contributed by atoms with Crippen molar-refractivity contribution in [1.29, 1.82) is 0 Å². The number of hydrogen-bond acceptors (Lipinski definition) is 7. The van der Waals surface area contributed by atoms with Gasteiger partial charge in [-0.1, -0.05) is 17.8 Å². The molecule has 12 heteroatoms. The van der Waals surface area contributed by atoms with Gasteiger partial charge in [0, 0.05) is 24.4 Å². The molecule has 7 nitrogen and oxygen atoms in total. The average molecular weight is 484 g/mol. The molecule has 0 saturated carbocycles.